The molecule has 0 saturated carbocycles. The summed E-state index contributed by atoms with van der Waals surface area (Å²) in [5.74, 6) is -1.02. The normalized spacial score (nSPS) is 11.5. The predicted molar refractivity (Wildman–Crippen MR) is 48.7 cm³/mol. The molecule has 0 amide bonds. The number of allylic oxidation sites excluding steroid dienone is 1. The summed E-state index contributed by atoms with van der Waals surface area (Å²) in [5.41, 5.74) is 0.211. The number of rotatable bonds is 1. The van der Waals surface area contributed by atoms with Crippen LogP contribution in [0.1, 0.15) is 20.8 Å². The van der Waals surface area contributed by atoms with Crippen LogP contribution in [0.4, 0.5) is 13.2 Å². The van der Waals surface area contributed by atoms with Gasteiger partial charge in [-0.25, -0.2) is 0 Å². The van der Waals surface area contributed by atoms with Crippen LogP contribution in [0.5, 0.6) is 0 Å². The Morgan fingerprint density at radius 3 is 1.77 bits per heavy atom. The van der Waals surface area contributed by atoms with Crippen LogP contribution in [0.15, 0.2) is 17.3 Å². The molecule has 0 saturated heterocycles. The largest absolute Gasteiger partial charge is 0.449 e. The Morgan fingerprint density at radius 2 is 1.69 bits per heavy atom. The summed E-state index contributed by atoms with van der Waals surface area (Å²) in [6, 6.07) is 0. The molecule has 0 aromatic carbocycles. The Bertz CT molecular complexity index is 182. The molecule has 1 N–H and O–H groups in total. The van der Waals surface area contributed by atoms with Gasteiger partial charge in [-0.05, 0) is 6.92 Å². The average molecular weight is 196 g/mol. The highest BCUT2D eigenvalue weighted by Crippen LogP contribution is 2.15. The van der Waals surface area contributed by atoms with Gasteiger partial charge in [0.1, 0.15) is 0 Å². The van der Waals surface area contributed by atoms with Crippen molar-refractivity contribution in [3.05, 3.63) is 12.3 Å². The van der Waals surface area contributed by atoms with Crippen molar-refractivity contribution in [3.63, 3.8) is 0 Å². The van der Waals surface area contributed by atoms with Crippen LogP contribution >= 0.6 is 0 Å². The molecule has 13 heavy (non-hydrogen) atoms. The second kappa shape index (κ2) is 6.51. The van der Waals surface area contributed by atoms with E-state index in [1.54, 1.807) is 0 Å². The molecule has 0 fully saturated rings. The number of nitrogens with one attached hydrogen (secondary N) is 1. The minimum atomic E-state index is -4.42. The molecule has 5 heteroatoms. The fourth-order valence-corrected chi connectivity index (χ4v) is 0.456. The minimum Gasteiger partial charge on any atom is -0.341 e. The lowest BCUT2D eigenvalue weighted by Crippen LogP contribution is -2.35. The van der Waals surface area contributed by atoms with E-state index in [-0.39, 0.29) is 5.70 Å². The first-order valence-electron chi connectivity index (χ1n) is 3.84. The number of nitrogens with zero attached hydrogens (tertiary/aromatic N) is 1. The summed E-state index contributed by atoms with van der Waals surface area (Å²) in [6.07, 6.45) is -4.42. The number of alkyl halides is 3. The van der Waals surface area contributed by atoms with Gasteiger partial charge in [-0.2, -0.15) is 13.2 Å². The molecule has 0 spiro atoms. The van der Waals surface area contributed by atoms with Crippen molar-refractivity contribution >= 4 is 5.84 Å². The van der Waals surface area contributed by atoms with Crippen LogP contribution in [0.25, 0.3) is 0 Å². The van der Waals surface area contributed by atoms with Gasteiger partial charge in [0, 0.05) is 12.7 Å². The molecular formula is C8H15F3N2. The molecule has 0 heterocycles. The summed E-state index contributed by atoms with van der Waals surface area (Å²) < 4.78 is 35.5. The van der Waals surface area contributed by atoms with Crippen LogP contribution in [0.2, 0.25) is 0 Å². The van der Waals surface area contributed by atoms with Crippen molar-refractivity contribution in [3.8, 4) is 0 Å². The van der Waals surface area contributed by atoms with Crippen molar-refractivity contribution in [2.24, 2.45) is 4.99 Å². The first kappa shape index (κ1) is 14.5. The molecule has 0 unspecified atom stereocenters. The monoisotopic (exact) mass is 196 g/mol. The minimum absolute atomic E-state index is 0.211. The molecule has 0 aliphatic heterocycles. The topological polar surface area (TPSA) is 24.4 Å². The summed E-state index contributed by atoms with van der Waals surface area (Å²) in [4.78, 5) is 3.02. The van der Waals surface area contributed by atoms with Crippen molar-refractivity contribution < 1.29 is 13.2 Å². The van der Waals surface area contributed by atoms with Gasteiger partial charge in [-0.3, -0.25) is 4.99 Å². The molecule has 0 aliphatic carbocycles. The average Bonchev–Trinajstić information content (AvgIpc) is 2.01. The molecular weight excluding hydrogens is 181 g/mol. The quantitative estimate of drug-likeness (QED) is 0.506. The van der Waals surface area contributed by atoms with E-state index in [1.807, 2.05) is 19.2 Å². The van der Waals surface area contributed by atoms with E-state index in [1.165, 1.54) is 6.92 Å². The maximum atomic E-state index is 11.8. The fraction of sp³-hybridized carbons (Fsp3) is 0.625. The summed E-state index contributed by atoms with van der Waals surface area (Å²) in [5, 5.41) is 2.00. The number of hydrogen-bond donors (Lipinski definition) is 1. The molecule has 0 radical (unpaired) electrons. The highest BCUT2D eigenvalue weighted by atomic mass is 19.4. The lowest BCUT2D eigenvalue weighted by molar-refractivity contribution is -0.0614. The van der Waals surface area contributed by atoms with Crippen LogP contribution in [0, 0.1) is 0 Å². The molecule has 0 aromatic rings. The van der Waals surface area contributed by atoms with Crippen LogP contribution in [-0.2, 0) is 0 Å². The number of aliphatic imine (C=N–C) groups is 1. The second-order valence-electron chi connectivity index (χ2n) is 1.98. The summed E-state index contributed by atoms with van der Waals surface area (Å²) in [7, 11) is 1.07. The third-order valence-electron chi connectivity index (χ3n) is 0.824. The van der Waals surface area contributed by atoms with E-state index < -0.39 is 12.0 Å². The number of amidine groups is 1. The third kappa shape index (κ3) is 7.36. The SMILES string of the molecule is C=C(C)NC(=NC)C(F)(F)F.CC. The van der Waals surface area contributed by atoms with Gasteiger partial charge < -0.3 is 5.32 Å². The van der Waals surface area contributed by atoms with Gasteiger partial charge >= 0.3 is 6.18 Å². The predicted octanol–water partition coefficient (Wildman–Crippen LogP) is 2.73. The highest BCUT2D eigenvalue weighted by molar-refractivity contribution is 5.88. The zero-order valence-electron chi connectivity index (χ0n) is 8.29. The maximum Gasteiger partial charge on any atom is 0.449 e. The number of halogens is 3. The highest BCUT2D eigenvalue weighted by Gasteiger charge is 2.35. The first-order valence-corrected chi connectivity index (χ1v) is 3.84. The Labute approximate surface area is 76.6 Å². The van der Waals surface area contributed by atoms with E-state index in [0.717, 1.165) is 7.05 Å². The second-order valence-corrected chi connectivity index (χ2v) is 1.98. The Kier molecular flexibility index (Phi) is 7.27. The van der Waals surface area contributed by atoms with Gasteiger partial charge in [0.15, 0.2) is 0 Å². The summed E-state index contributed by atoms with van der Waals surface area (Å²) >= 11 is 0. The molecule has 78 valence electrons. The van der Waals surface area contributed by atoms with Gasteiger partial charge in [-0.1, -0.05) is 20.4 Å². The lowest BCUT2D eigenvalue weighted by atomic mass is 10.5. The van der Waals surface area contributed by atoms with Crippen molar-refractivity contribution in [2.45, 2.75) is 26.9 Å². The molecule has 0 aliphatic rings. The van der Waals surface area contributed by atoms with Gasteiger partial charge in [0.05, 0.1) is 0 Å². The van der Waals surface area contributed by atoms with Crippen molar-refractivity contribution in [1.29, 1.82) is 0 Å². The Morgan fingerprint density at radius 1 is 1.31 bits per heavy atom. The van der Waals surface area contributed by atoms with E-state index in [0.29, 0.717) is 0 Å². The smallest absolute Gasteiger partial charge is 0.341 e. The van der Waals surface area contributed by atoms with Gasteiger partial charge in [0.25, 0.3) is 0 Å². The van der Waals surface area contributed by atoms with E-state index in [2.05, 4.69) is 11.6 Å². The van der Waals surface area contributed by atoms with E-state index in [4.69, 9.17) is 0 Å². The van der Waals surface area contributed by atoms with E-state index >= 15 is 0 Å². The first-order chi connectivity index (χ1) is 5.88. The third-order valence-corrected chi connectivity index (χ3v) is 0.824. The van der Waals surface area contributed by atoms with Crippen LogP contribution < -0.4 is 5.32 Å². The maximum absolute atomic E-state index is 11.8. The van der Waals surface area contributed by atoms with Crippen molar-refractivity contribution in [2.75, 3.05) is 7.05 Å². The lowest BCUT2D eigenvalue weighted by Gasteiger charge is -2.10. The molecule has 0 atom stereocenters. The molecule has 0 rings (SSSR count). The number of hydrogen-bond acceptors (Lipinski definition) is 1. The molecule has 2 nitrogen and oxygen atoms in total. The molecule has 0 bridgehead atoms. The van der Waals surface area contributed by atoms with Crippen molar-refractivity contribution in [1.82, 2.24) is 5.32 Å². The van der Waals surface area contributed by atoms with E-state index in [9.17, 15) is 13.2 Å². The standard InChI is InChI=1S/C6H9F3N2.C2H6/c1-4(2)11-5(10-3)6(7,8)9;1-2/h1H2,2-3H3,(H,10,11);1-2H3. The Balaban J connectivity index is 0. The molecule has 0 aromatic heterocycles. The fourth-order valence-electron chi connectivity index (χ4n) is 0.456. The van der Waals surface area contributed by atoms with Gasteiger partial charge in [-0.15, -0.1) is 0 Å². The van der Waals surface area contributed by atoms with Crippen LogP contribution in [0.3, 0.4) is 0 Å². The summed E-state index contributed by atoms with van der Waals surface area (Å²) in [6.45, 7) is 8.69. The van der Waals surface area contributed by atoms with Crippen LogP contribution in [-0.4, -0.2) is 19.1 Å². The Hall–Kier alpha value is -1.00. The zero-order valence-corrected chi connectivity index (χ0v) is 8.29. The zero-order chi connectivity index (χ0) is 11.1. The van der Waals surface area contributed by atoms with Gasteiger partial charge in [0.2, 0.25) is 5.84 Å².